The Morgan fingerprint density at radius 3 is 2.24 bits per heavy atom. The fourth-order valence-electron chi connectivity index (χ4n) is 2.74. The van der Waals surface area contributed by atoms with Crippen LogP contribution in [0.3, 0.4) is 0 Å². The molecule has 2 amide bonds. The topological polar surface area (TPSA) is 41.1 Å². The van der Waals surface area contributed by atoms with Crippen molar-refractivity contribution in [3.8, 4) is 0 Å². The Labute approximate surface area is 136 Å². The first-order valence-corrected chi connectivity index (χ1v) is 8.18. The molecule has 3 nitrogen and oxygen atoms in total. The van der Waals surface area contributed by atoms with Gasteiger partial charge in [-0.2, -0.15) is 0 Å². The molecular weight excluding hydrogens is 307 g/mol. The Hall–Kier alpha value is -0.930. The molecule has 5 heteroatoms. The number of hydrogen-bond donors (Lipinski definition) is 2. The van der Waals surface area contributed by atoms with Crippen molar-refractivity contribution < 1.29 is 4.79 Å². The van der Waals surface area contributed by atoms with E-state index in [1.807, 2.05) is 26.0 Å². The molecule has 0 spiro atoms. The van der Waals surface area contributed by atoms with Gasteiger partial charge >= 0.3 is 6.03 Å². The molecule has 21 heavy (non-hydrogen) atoms. The number of carbonyl (C=O) groups is 1. The molecule has 0 radical (unpaired) electrons. The molecule has 116 valence electrons. The molecule has 1 aliphatic rings. The number of benzene rings is 1. The third-order valence-corrected chi connectivity index (χ3v) is 4.39. The Bertz CT molecular complexity index is 491. The number of amides is 2. The fourth-order valence-corrected chi connectivity index (χ4v) is 3.27. The molecule has 0 unspecified atom stereocenters. The fraction of sp³-hybridized carbons (Fsp3) is 0.562. The highest BCUT2D eigenvalue weighted by atomic mass is 35.5. The minimum absolute atomic E-state index is 0.136. The maximum absolute atomic E-state index is 12.2. The van der Waals surface area contributed by atoms with Crippen LogP contribution in [0.2, 0.25) is 10.0 Å². The van der Waals surface area contributed by atoms with Gasteiger partial charge in [-0.1, -0.05) is 42.5 Å². The Balaban J connectivity index is 2.00. The number of urea groups is 1. The molecule has 0 heterocycles. The molecule has 1 aromatic carbocycles. The molecule has 1 fully saturated rings. The summed E-state index contributed by atoms with van der Waals surface area (Å²) in [5.74, 6) is 0. The van der Waals surface area contributed by atoms with Crippen LogP contribution < -0.4 is 10.6 Å². The summed E-state index contributed by atoms with van der Waals surface area (Å²) < 4.78 is 0. The number of carbonyl (C=O) groups excluding carboxylic acids is 1. The number of nitrogens with one attached hydrogen (secondary N) is 2. The average molecular weight is 329 g/mol. The first-order valence-electron chi connectivity index (χ1n) is 7.42. The molecule has 0 aromatic heterocycles. The standard InChI is InChI=1S/C16H22Cl2N2O/c1-16(2,11-8-12(17)10-13(18)9-11)20-15(21)19-14-6-4-3-5-7-14/h8-10,14H,3-7H2,1-2H3,(H2,19,20,21). The molecule has 0 bridgehead atoms. The zero-order valence-corrected chi connectivity index (χ0v) is 14.0. The lowest BCUT2D eigenvalue weighted by Crippen LogP contribution is -2.49. The van der Waals surface area contributed by atoms with Gasteiger partial charge in [0, 0.05) is 16.1 Å². The molecule has 2 rings (SSSR count). The van der Waals surface area contributed by atoms with Crippen molar-refractivity contribution >= 4 is 29.2 Å². The lowest BCUT2D eigenvalue weighted by atomic mass is 9.94. The normalized spacial score (nSPS) is 16.6. The van der Waals surface area contributed by atoms with Crippen molar-refractivity contribution in [2.75, 3.05) is 0 Å². The molecule has 0 saturated heterocycles. The zero-order valence-electron chi connectivity index (χ0n) is 12.5. The second kappa shape index (κ2) is 6.89. The minimum Gasteiger partial charge on any atom is -0.335 e. The van der Waals surface area contributed by atoms with Crippen LogP contribution in [0.1, 0.15) is 51.5 Å². The van der Waals surface area contributed by atoms with E-state index in [1.54, 1.807) is 6.07 Å². The van der Waals surface area contributed by atoms with Crippen LogP contribution >= 0.6 is 23.2 Å². The van der Waals surface area contributed by atoms with E-state index >= 15 is 0 Å². The van der Waals surface area contributed by atoms with Crippen molar-refractivity contribution in [2.45, 2.75) is 57.5 Å². The summed E-state index contributed by atoms with van der Waals surface area (Å²) in [6.45, 7) is 3.88. The van der Waals surface area contributed by atoms with E-state index in [-0.39, 0.29) is 12.1 Å². The third-order valence-electron chi connectivity index (χ3n) is 3.95. The molecular formula is C16H22Cl2N2O. The summed E-state index contributed by atoms with van der Waals surface area (Å²) in [4.78, 5) is 12.2. The van der Waals surface area contributed by atoms with Crippen molar-refractivity contribution in [1.82, 2.24) is 10.6 Å². The predicted octanol–water partition coefficient (Wildman–Crippen LogP) is 4.86. The van der Waals surface area contributed by atoms with Crippen molar-refractivity contribution in [2.24, 2.45) is 0 Å². The monoisotopic (exact) mass is 328 g/mol. The van der Waals surface area contributed by atoms with Crippen LogP contribution in [0, 0.1) is 0 Å². The van der Waals surface area contributed by atoms with E-state index in [0.717, 1.165) is 18.4 Å². The second-order valence-corrected chi connectivity index (χ2v) is 7.09. The third kappa shape index (κ3) is 4.79. The van der Waals surface area contributed by atoms with Gasteiger partial charge < -0.3 is 10.6 Å². The lowest BCUT2D eigenvalue weighted by molar-refractivity contribution is 0.222. The van der Waals surface area contributed by atoms with Crippen LogP contribution in [0.4, 0.5) is 4.79 Å². The van der Waals surface area contributed by atoms with E-state index < -0.39 is 5.54 Å². The van der Waals surface area contributed by atoms with E-state index in [4.69, 9.17) is 23.2 Å². The van der Waals surface area contributed by atoms with Crippen molar-refractivity contribution in [3.05, 3.63) is 33.8 Å². The van der Waals surface area contributed by atoms with Crippen molar-refractivity contribution in [1.29, 1.82) is 0 Å². The van der Waals surface area contributed by atoms with Gasteiger partial charge in [-0.25, -0.2) is 4.79 Å². The number of rotatable bonds is 3. The van der Waals surface area contributed by atoms with Crippen LogP contribution in [0.5, 0.6) is 0 Å². The molecule has 1 saturated carbocycles. The van der Waals surface area contributed by atoms with E-state index in [2.05, 4.69) is 10.6 Å². The zero-order chi connectivity index (χ0) is 15.5. The largest absolute Gasteiger partial charge is 0.335 e. The van der Waals surface area contributed by atoms with Crippen molar-refractivity contribution in [3.63, 3.8) is 0 Å². The summed E-state index contributed by atoms with van der Waals surface area (Å²) in [6.07, 6.45) is 5.79. The van der Waals surface area contributed by atoms with Gasteiger partial charge in [0.25, 0.3) is 0 Å². The number of halogens is 2. The highest BCUT2D eigenvalue weighted by Crippen LogP contribution is 2.27. The smallest absolute Gasteiger partial charge is 0.315 e. The molecule has 0 aliphatic heterocycles. The van der Waals surface area contributed by atoms with Crippen LogP contribution in [-0.2, 0) is 5.54 Å². The maximum Gasteiger partial charge on any atom is 0.315 e. The quantitative estimate of drug-likeness (QED) is 0.817. The van der Waals surface area contributed by atoms with Gasteiger partial charge in [-0.15, -0.1) is 0 Å². The first kappa shape index (κ1) is 16.4. The second-order valence-electron chi connectivity index (χ2n) is 6.22. The summed E-state index contributed by atoms with van der Waals surface area (Å²) >= 11 is 12.1. The maximum atomic E-state index is 12.2. The van der Waals surface area contributed by atoms with Gasteiger partial charge in [0.1, 0.15) is 0 Å². The highest BCUT2D eigenvalue weighted by molar-refractivity contribution is 6.34. The predicted molar refractivity (Wildman–Crippen MR) is 88.0 cm³/mol. The SMILES string of the molecule is CC(C)(NC(=O)NC1CCCCC1)c1cc(Cl)cc(Cl)c1. The van der Waals surface area contributed by atoms with E-state index in [9.17, 15) is 4.79 Å². The molecule has 0 atom stereocenters. The molecule has 1 aromatic rings. The molecule has 1 aliphatic carbocycles. The Morgan fingerprint density at radius 1 is 1.10 bits per heavy atom. The van der Waals surface area contributed by atoms with Gasteiger partial charge in [0.15, 0.2) is 0 Å². The first-order chi connectivity index (χ1) is 9.87. The summed E-state index contributed by atoms with van der Waals surface area (Å²) in [6, 6.07) is 5.49. The summed E-state index contributed by atoms with van der Waals surface area (Å²) in [5, 5.41) is 7.20. The minimum atomic E-state index is -0.534. The lowest BCUT2D eigenvalue weighted by Gasteiger charge is -2.30. The summed E-state index contributed by atoms with van der Waals surface area (Å²) in [5.41, 5.74) is 0.353. The molecule has 2 N–H and O–H groups in total. The van der Waals surface area contributed by atoms with Gasteiger partial charge in [-0.3, -0.25) is 0 Å². The Morgan fingerprint density at radius 2 is 1.67 bits per heavy atom. The number of hydrogen-bond acceptors (Lipinski definition) is 1. The summed E-state index contributed by atoms with van der Waals surface area (Å²) in [7, 11) is 0. The van der Waals surface area contributed by atoms with Crippen LogP contribution in [0.25, 0.3) is 0 Å². The Kier molecular flexibility index (Phi) is 5.39. The average Bonchev–Trinajstić information content (AvgIpc) is 2.37. The van der Waals surface area contributed by atoms with Crippen LogP contribution in [-0.4, -0.2) is 12.1 Å². The van der Waals surface area contributed by atoms with Gasteiger partial charge in [-0.05, 0) is 50.5 Å². The van der Waals surface area contributed by atoms with Crippen LogP contribution in [0.15, 0.2) is 18.2 Å². The van der Waals surface area contributed by atoms with E-state index in [0.29, 0.717) is 10.0 Å². The highest BCUT2D eigenvalue weighted by Gasteiger charge is 2.25. The van der Waals surface area contributed by atoms with Gasteiger partial charge in [0.05, 0.1) is 5.54 Å². The van der Waals surface area contributed by atoms with Gasteiger partial charge in [0.2, 0.25) is 0 Å². The van der Waals surface area contributed by atoms with E-state index in [1.165, 1.54) is 19.3 Å².